The van der Waals surface area contributed by atoms with Crippen molar-refractivity contribution in [1.29, 1.82) is 0 Å². The van der Waals surface area contributed by atoms with Crippen LogP contribution in [-0.2, 0) is 6.42 Å². The van der Waals surface area contributed by atoms with Gasteiger partial charge in [0.05, 0.1) is 0 Å². The van der Waals surface area contributed by atoms with Crippen molar-refractivity contribution in [3.8, 4) is 0 Å². The fraction of sp³-hybridized carbons (Fsp3) is 0.333. The number of benzene rings is 1. The van der Waals surface area contributed by atoms with E-state index in [9.17, 15) is 0 Å². The molecular formula is C15H20. The summed E-state index contributed by atoms with van der Waals surface area (Å²) in [5.74, 6) is 0.483. The number of hydrogen-bond acceptors (Lipinski definition) is 0. The normalized spacial score (nSPS) is 10.4. The Morgan fingerprint density at radius 1 is 1.40 bits per heavy atom. The molecule has 0 nitrogen and oxygen atoms in total. The van der Waals surface area contributed by atoms with E-state index in [1.165, 1.54) is 22.3 Å². The predicted octanol–water partition coefficient (Wildman–Crippen LogP) is 4.56. The molecule has 80 valence electrons. The van der Waals surface area contributed by atoms with Gasteiger partial charge in [-0.3, -0.25) is 0 Å². The fourth-order valence-corrected chi connectivity index (χ4v) is 1.60. The maximum Gasteiger partial charge on any atom is -0.0155 e. The number of allylic oxidation sites excluding steroid dienone is 1. The van der Waals surface area contributed by atoms with Crippen LogP contribution in [0, 0.1) is 5.92 Å². The standard InChI is InChI=1S/C15H20/c1-6-13-8-9-15(12(5)11(3)4)14(7-2)10-13/h7-11H,2,5-6H2,1,3-4H3. The van der Waals surface area contributed by atoms with E-state index in [4.69, 9.17) is 0 Å². The van der Waals surface area contributed by atoms with Crippen LogP contribution in [0.1, 0.15) is 37.5 Å². The first kappa shape index (κ1) is 11.8. The first-order chi connectivity index (χ1) is 7.10. The Morgan fingerprint density at radius 3 is 2.53 bits per heavy atom. The summed E-state index contributed by atoms with van der Waals surface area (Å²) in [6.07, 6.45) is 2.98. The monoisotopic (exact) mass is 200 g/mol. The van der Waals surface area contributed by atoms with Gasteiger partial charge in [0.1, 0.15) is 0 Å². The van der Waals surface area contributed by atoms with Gasteiger partial charge in [0, 0.05) is 0 Å². The van der Waals surface area contributed by atoms with E-state index < -0.39 is 0 Å². The van der Waals surface area contributed by atoms with Crippen LogP contribution in [0.3, 0.4) is 0 Å². The van der Waals surface area contributed by atoms with Crippen molar-refractivity contribution in [2.45, 2.75) is 27.2 Å². The maximum atomic E-state index is 4.14. The highest BCUT2D eigenvalue weighted by Gasteiger charge is 2.07. The Hall–Kier alpha value is -1.30. The molecule has 0 fully saturated rings. The minimum absolute atomic E-state index is 0.483. The third-order valence-corrected chi connectivity index (χ3v) is 2.79. The van der Waals surface area contributed by atoms with E-state index >= 15 is 0 Å². The molecule has 0 atom stereocenters. The Morgan fingerprint density at radius 2 is 2.07 bits per heavy atom. The van der Waals surface area contributed by atoms with Crippen LogP contribution in [0.2, 0.25) is 0 Å². The van der Waals surface area contributed by atoms with Gasteiger partial charge in [-0.2, -0.15) is 0 Å². The molecule has 0 N–H and O–H groups in total. The molecule has 1 aromatic rings. The molecule has 15 heavy (non-hydrogen) atoms. The molecule has 0 radical (unpaired) electrons. The maximum absolute atomic E-state index is 4.14. The molecule has 0 aliphatic rings. The fourth-order valence-electron chi connectivity index (χ4n) is 1.60. The van der Waals surface area contributed by atoms with Crippen molar-refractivity contribution in [2.24, 2.45) is 5.92 Å². The first-order valence-electron chi connectivity index (χ1n) is 5.54. The van der Waals surface area contributed by atoms with Gasteiger partial charge in [-0.15, -0.1) is 0 Å². The van der Waals surface area contributed by atoms with Gasteiger partial charge in [0.25, 0.3) is 0 Å². The summed E-state index contributed by atoms with van der Waals surface area (Å²) in [6.45, 7) is 14.5. The lowest BCUT2D eigenvalue weighted by molar-refractivity contribution is 0.857. The molecular weight excluding hydrogens is 180 g/mol. The van der Waals surface area contributed by atoms with Crippen LogP contribution in [0.25, 0.3) is 11.6 Å². The molecule has 0 heterocycles. The summed E-state index contributed by atoms with van der Waals surface area (Å²) in [7, 11) is 0. The van der Waals surface area contributed by atoms with E-state index in [0.29, 0.717) is 5.92 Å². The summed E-state index contributed by atoms with van der Waals surface area (Å²) in [6, 6.07) is 6.55. The van der Waals surface area contributed by atoms with Gasteiger partial charge in [0.15, 0.2) is 0 Å². The van der Waals surface area contributed by atoms with Crippen molar-refractivity contribution < 1.29 is 0 Å². The van der Waals surface area contributed by atoms with Gasteiger partial charge < -0.3 is 0 Å². The Kier molecular flexibility index (Phi) is 3.90. The quantitative estimate of drug-likeness (QED) is 0.668. The average molecular weight is 200 g/mol. The molecule has 0 aliphatic heterocycles. The molecule has 0 bridgehead atoms. The second-order valence-electron chi connectivity index (χ2n) is 4.16. The highest BCUT2D eigenvalue weighted by atomic mass is 14.1. The highest BCUT2D eigenvalue weighted by molar-refractivity contribution is 5.73. The van der Waals surface area contributed by atoms with Gasteiger partial charge >= 0.3 is 0 Å². The molecule has 1 aromatic carbocycles. The smallest absolute Gasteiger partial charge is 0.0155 e. The van der Waals surface area contributed by atoms with Gasteiger partial charge in [-0.05, 0) is 34.6 Å². The molecule has 1 rings (SSSR count). The average Bonchev–Trinajstić information content (AvgIpc) is 2.27. The topological polar surface area (TPSA) is 0 Å². The van der Waals surface area contributed by atoms with Crippen LogP contribution < -0.4 is 0 Å². The van der Waals surface area contributed by atoms with Crippen LogP contribution in [-0.4, -0.2) is 0 Å². The molecule has 0 saturated carbocycles. The van der Waals surface area contributed by atoms with Crippen LogP contribution in [0.4, 0.5) is 0 Å². The summed E-state index contributed by atoms with van der Waals surface area (Å²) < 4.78 is 0. The van der Waals surface area contributed by atoms with Crippen molar-refractivity contribution in [3.63, 3.8) is 0 Å². The zero-order valence-corrected chi connectivity index (χ0v) is 10.0. The number of aryl methyl sites for hydroxylation is 1. The van der Waals surface area contributed by atoms with Crippen LogP contribution in [0.15, 0.2) is 31.4 Å². The molecule has 0 unspecified atom stereocenters. The van der Waals surface area contributed by atoms with Crippen molar-refractivity contribution in [2.75, 3.05) is 0 Å². The highest BCUT2D eigenvalue weighted by Crippen LogP contribution is 2.26. The Bertz CT molecular complexity index is 370. The van der Waals surface area contributed by atoms with Gasteiger partial charge in [-0.1, -0.05) is 58.2 Å². The van der Waals surface area contributed by atoms with Crippen molar-refractivity contribution in [3.05, 3.63) is 48.0 Å². The van der Waals surface area contributed by atoms with E-state index in [1.807, 2.05) is 6.08 Å². The second kappa shape index (κ2) is 4.97. The van der Waals surface area contributed by atoms with Crippen molar-refractivity contribution >= 4 is 11.6 Å². The first-order valence-corrected chi connectivity index (χ1v) is 5.54. The zero-order chi connectivity index (χ0) is 11.4. The zero-order valence-electron chi connectivity index (χ0n) is 10.0. The molecule has 0 heteroatoms. The van der Waals surface area contributed by atoms with Crippen molar-refractivity contribution in [1.82, 2.24) is 0 Å². The Balaban J connectivity index is 3.19. The van der Waals surface area contributed by atoms with E-state index in [-0.39, 0.29) is 0 Å². The van der Waals surface area contributed by atoms with Gasteiger partial charge in [0.2, 0.25) is 0 Å². The lowest BCUT2D eigenvalue weighted by Gasteiger charge is -2.13. The molecule has 0 aliphatic carbocycles. The number of hydrogen-bond donors (Lipinski definition) is 0. The summed E-state index contributed by atoms with van der Waals surface area (Å²) in [5.41, 5.74) is 4.98. The summed E-state index contributed by atoms with van der Waals surface area (Å²) >= 11 is 0. The van der Waals surface area contributed by atoms with E-state index in [0.717, 1.165) is 6.42 Å². The lowest BCUT2D eigenvalue weighted by Crippen LogP contribution is -1.96. The minimum atomic E-state index is 0.483. The summed E-state index contributed by atoms with van der Waals surface area (Å²) in [5, 5.41) is 0. The number of rotatable bonds is 4. The molecule has 0 spiro atoms. The minimum Gasteiger partial charge on any atom is -0.0984 e. The predicted molar refractivity (Wildman–Crippen MR) is 69.8 cm³/mol. The third-order valence-electron chi connectivity index (χ3n) is 2.79. The Labute approximate surface area is 93.3 Å². The molecule has 0 saturated heterocycles. The lowest BCUT2D eigenvalue weighted by atomic mass is 9.91. The van der Waals surface area contributed by atoms with E-state index in [2.05, 4.69) is 52.1 Å². The second-order valence-corrected chi connectivity index (χ2v) is 4.16. The molecule has 0 aromatic heterocycles. The van der Waals surface area contributed by atoms with Crippen LogP contribution in [0.5, 0.6) is 0 Å². The SMILES string of the molecule is C=Cc1cc(CC)ccc1C(=C)C(C)C. The van der Waals surface area contributed by atoms with Crippen LogP contribution >= 0.6 is 0 Å². The molecule has 0 amide bonds. The van der Waals surface area contributed by atoms with Gasteiger partial charge in [-0.25, -0.2) is 0 Å². The van der Waals surface area contributed by atoms with E-state index in [1.54, 1.807) is 0 Å². The third kappa shape index (κ3) is 2.59. The largest absolute Gasteiger partial charge is 0.0984 e. The summed E-state index contributed by atoms with van der Waals surface area (Å²) in [4.78, 5) is 0.